The van der Waals surface area contributed by atoms with Gasteiger partial charge in [0.2, 0.25) is 5.91 Å². The summed E-state index contributed by atoms with van der Waals surface area (Å²) in [6.45, 7) is 5.64. The fourth-order valence-electron chi connectivity index (χ4n) is 3.85. The van der Waals surface area contributed by atoms with Crippen molar-refractivity contribution >= 4 is 29.3 Å². The second kappa shape index (κ2) is 9.92. The summed E-state index contributed by atoms with van der Waals surface area (Å²) in [4.78, 5) is 27.2. The third kappa shape index (κ3) is 4.98. The number of anilines is 2. The molecule has 2 heterocycles. The second-order valence-electron chi connectivity index (χ2n) is 8.11. The van der Waals surface area contributed by atoms with Gasteiger partial charge in [0.1, 0.15) is 11.5 Å². The number of rotatable bonds is 7. The number of carbonyl (C=O) groups excluding carboxylic acids is 2. The van der Waals surface area contributed by atoms with Crippen LogP contribution in [0.3, 0.4) is 0 Å². The molecule has 0 bridgehead atoms. The third-order valence-corrected chi connectivity index (χ3v) is 5.77. The molecular formula is C26H27N3O6. The van der Waals surface area contributed by atoms with Crippen molar-refractivity contribution in [3.63, 3.8) is 0 Å². The Hall–Kier alpha value is -4.27. The van der Waals surface area contributed by atoms with E-state index < -0.39 is 6.10 Å². The number of fused-ring (bicyclic) bond motifs is 1. The first kappa shape index (κ1) is 23.9. The highest BCUT2D eigenvalue weighted by Gasteiger charge is 2.33. The summed E-state index contributed by atoms with van der Waals surface area (Å²) in [6.07, 6.45) is 2.47. The monoisotopic (exact) mass is 477 g/mol. The maximum Gasteiger partial charge on any atom is 0.268 e. The first-order valence-electron chi connectivity index (χ1n) is 11.1. The topological polar surface area (TPSA) is 103 Å². The van der Waals surface area contributed by atoms with Crippen LogP contribution in [0.1, 0.15) is 29.5 Å². The van der Waals surface area contributed by atoms with Crippen LogP contribution in [0.2, 0.25) is 0 Å². The number of nitrogens with one attached hydrogen (secondary N) is 1. The lowest BCUT2D eigenvalue weighted by Gasteiger charge is -2.33. The molecule has 1 atom stereocenters. The number of benzene rings is 2. The molecule has 0 fully saturated rings. The average Bonchev–Trinajstić information content (AvgIpc) is 3.17. The molecule has 1 N–H and O–H groups in total. The second-order valence-corrected chi connectivity index (χ2v) is 8.11. The average molecular weight is 478 g/mol. The Labute approximate surface area is 203 Å². The summed E-state index contributed by atoms with van der Waals surface area (Å²) >= 11 is 0. The Kier molecular flexibility index (Phi) is 6.77. The van der Waals surface area contributed by atoms with E-state index in [9.17, 15) is 9.59 Å². The number of hydrogen-bond acceptors (Lipinski definition) is 7. The number of carbonyl (C=O) groups is 2. The molecule has 1 aliphatic rings. The largest absolute Gasteiger partial charge is 0.493 e. The van der Waals surface area contributed by atoms with Gasteiger partial charge >= 0.3 is 0 Å². The summed E-state index contributed by atoms with van der Waals surface area (Å²) in [7, 11) is 3.12. The fourth-order valence-corrected chi connectivity index (χ4v) is 3.85. The first-order valence-corrected chi connectivity index (χ1v) is 11.1. The van der Waals surface area contributed by atoms with Crippen molar-refractivity contribution < 1.29 is 28.3 Å². The molecular weight excluding hydrogens is 450 g/mol. The van der Waals surface area contributed by atoms with E-state index >= 15 is 0 Å². The van der Waals surface area contributed by atoms with E-state index in [0.717, 1.165) is 16.8 Å². The Morgan fingerprint density at radius 3 is 2.60 bits per heavy atom. The quantitative estimate of drug-likeness (QED) is 0.507. The van der Waals surface area contributed by atoms with E-state index in [4.69, 9.17) is 18.7 Å². The minimum Gasteiger partial charge on any atom is -0.493 e. The summed E-state index contributed by atoms with van der Waals surface area (Å²) in [6, 6.07) is 10.6. The highest BCUT2D eigenvalue weighted by molar-refractivity contribution is 6.04. The van der Waals surface area contributed by atoms with Crippen molar-refractivity contribution in [3.05, 3.63) is 65.1 Å². The molecule has 9 nitrogen and oxygen atoms in total. The Balaban J connectivity index is 1.54. The zero-order chi connectivity index (χ0) is 25.1. The van der Waals surface area contributed by atoms with Gasteiger partial charge in [0.15, 0.2) is 17.6 Å². The normalized spacial score (nSPS) is 15.1. The lowest BCUT2D eigenvalue weighted by atomic mass is 10.1. The van der Waals surface area contributed by atoms with Gasteiger partial charge in [0, 0.05) is 17.3 Å². The van der Waals surface area contributed by atoms with E-state index in [2.05, 4.69) is 10.5 Å². The molecule has 0 saturated carbocycles. The molecule has 0 aliphatic carbocycles. The summed E-state index contributed by atoms with van der Waals surface area (Å²) in [5, 5.41) is 6.82. The minimum absolute atomic E-state index is 0.186. The molecule has 2 aromatic carbocycles. The molecule has 0 saturated heterocycles. The van der Waals surface area contributed by atoms with E-state index in [1.807, 2.05) is 19.9 Å². The van der Waals surface area contributed by atoms with Crippen LogP contribution in [0, 0.1) is 13.8 Å². The highest BCUT2D eigenvalue weighted by atomic mass is 16.5. The Bertz CT molecular complexity index is 1280. The van der Waals surface area contributed by atoms with Gasteiger partial charge in [0.25, 0.3) is 5.91 Å². The maximum absolute atomic E-state index is 13.0. The molecule has 9 heteroatoms. The van der Waals surface area contributed by atoms with Gasteiger partial charge in [-0.3, -0.25) is 9.59 Å². The summed E-state index contributed by atoms with van der Waals surface area (Å²) in [5.41, 5.74) is 3.43. The molecule has 1 aliphatic heterocycles. The number of amides is 2. The number of hydrogen-bond donors (Lipinski definition) is 1. The lowest BCUT2D eigenvalue weighted by Crippen LogP contribution is -2.44. The molecule has 0 radical (unpaired) electrons. The van der Waals surface area contributed by atoms with Gasteiger partial charge in [-0.1, -0.05) is 11.2 Å². The van der Waals surface area contributed by atoms with Crippen LogP contribution in [0.5, 0.6) is 17.2 Å². The molecule has 4 rings (SSSR count). The van der Waals surface area contributed by atoms with Crippen molar-refractivity contribution in [2.45, 2.75) is 33.4 Å². The fraction of sp³-hybridized carbons (Fsp3) is 0.269. The molecule has 3 aromatic rings. The standard InChI is InChI=1S/C26H27N3O6/c1-15-20(16(2)35-28-15)14-29-21-13-19(8-10-22(21)34-17(3)26(29)31)27-25(30)11-7-18-6-9-23(32-4)24(12-18)33-5/h6-13,17H,14H2,1-5H3,(H,27,30)/b11-7+. The van der Waals surface area contributed by atoms with E-state index in [1.165, 1.54) is 6.08 Å². The molecule has 1 unspecified atom stereocenters. The summed E-state index contributed by atoms with van der Waals surface area (Å²) < 4.78 is 21.6. The molecule has 182 valence electrons. The first-order chi connectivity index (χ1) is 16.8. The Morgan fingerprint density at radius 2 is 1.91 bits per heavy atom. The van der Waals surface area contributed by atoms with Crippen molar-refractivity contribution in [1.29, 1.82) is 0 Å². The van der Waals surface area contributed by atoms with Crippen LogP contribution >= 0.6 is 0 Å². The van der Waals surface area contributed by atoms with E-state index in [0.29, 0.717) is 34.4 Å². The van der Waals surface area contributed by atoms with Crippen molar-refractivity contribution in [3.8, 4) is 17.2 Å². The van der Waals surface area contributed by atoms with Crippen molar-refractivity contribution in [1.82, 2.24) is 5.16 Å². The van der Waals surface area contributed by atoms with Crippen LogP contribution < -0.4 is 24.4 Å². The van der Waals surface area contributed by atoms with Crippen LogP contribution in [0.4, 0.5) is 11.4 Å². The third-order valence-electron chi connectivity index (χ3n) is 5.77. The Morgan fingerprint density at radius 1 is 1.14 bits per heavy atom. The van der Waals surface area contributed by atoms with Gasteiger partial charge in [0.05, 0.1) is 32.1 Å². The maximum atomic E-state index is 13.0. The van der Waals surface area contributed by atoms with Crippen LogP contribution in [0.15, 0.2) is 47.0 Å². The molecule has 1 aromatic heterocycles. The number of nitrogens with zero attached hydrogens (tertiary/aromatic N) is 2. The lowest BCUT2D eigenvalue weighted by molar-refractivity contribution is -0.125. The zero-order valence-electron chi connectivity index (χ0n) is 20.2. The number of aromatic nitrogens is 1. The highest BCUT2D eigenvalue weighted by Crippen LogP contribution is 2.38. The minimum atomic E-state index is -0.632. The van der Waals surface area contributed by atoms with Gasteiger partial charge in [-0.25, -0.2) is 0 Å². The number of aryl methyl sites for hydroxylation is 2. The van der Waals surface area contributed by atoms with Crippen LogP contribution in [-0.2, 0) is 16.1 Å². The molecule has 2 amide bonds. The van der Waals surface area contributed by atoms with Gasteiger partial charge in [-0.2, -0.15) is 0 Å². The SMILES string of the molecule is COc1ccc(/C=C/C(=O)Nc2ccc3c(c2)N(Cc2c(C)noc2C)C(=O)C(C)O3)cc1OC. The van der Waals surface area contributed by atoms with Gasteiger partial charge in [-0.15, -0.1) is 0 Å². The number of ether oxygens (including phenoxy) is 3. The van der Waals surface area contributed by atoms with Gasteiger partial charge in [-0.05, 0) is 62.7 Å². The number of methoxy groups -OCH3 is 2. The predicted octanol–water partition coefficient (Wildman–Crippen LogP) is 4.27. The van der Waals surface area contributed by atoms with Crippen molar-refractivity contribution in [2.24, 2.45) is 0 Å². The van der Waals surface area contributed by atoms with E-state index in [1.54, 1.807) is 62.5 Å². The van der Waals surface area contributed by atoms with Crippen LogP contribution in [0.25, 0.3) is 6.08 Å². The smallest absolute Gasteiger partial charge is 0.268 e. The summed E-state index contributed by atoms with van der Waals surface area (Å²) in [5.74, 6) is 1.88. The predicted molar refractivity (Wildman–Crippen MR) is 131 cm³/mol. The van der Waals surface area contributed by atoms with Crippen LogP contribution in [-0.4, -0.2) is 37.3 Å². The molecule has 0 spiro atoms. The van der Waals surface area contributed by atoms with Crippen molar-refractivity contribution in [2.75, 3.05) is 24.4 Å². The zero-order valence-corrected chi connectivity index (χ0v) is 20.2. The van der Waals surface area contributed by atoms with E-state index in [-0.39, 0.29) is 18.4 Å². The molecule has 35 heavy (non-hydrogen) atoms. The van der Waals surface area contributed by atoms with Gasteiger partial charge < -0.3 is 29.0 Å².